The van der Waals surface area contributed by atoms with E-state index >= 15 is 0 Å². The van der Waals surface area contributed by atoms with Crippen LogP contribution in [0.4, 0.5) is 10.1 Å². The van der Waals surface area contributed by atoms with Gasteiger partial charge in [0.05, 0.1) is 7.11 Å². The van der Waals surface area contributed by atoms with Gasteiger partial charge in [-0.25, -0.2) is 4.39 Å². The molecule has 0 aliphatic carbocycles. The van der Waals surface area contributed by atoms with Gasteiger partial charge in [-0.2, -0.15) is 0 Å². The van der Waals surface area contributed by atoms with E-state index in [0.29, 0.717) is 41.4 Å². The first kappa shape index (κ1) is 23.4. The lowest BCUT2D eigenvalue weighted by atomic mass is 10.2. The summed E-state index contributed by atoms with van der Waals surface area (Å²) in [7, 11) is 1.55. The van der Waals surface area contributed by atoms with Gasteiger partial charge in [-0.3, -0.25) is 9.69 Å². The van der Waals surface area contributed by atoms with Gasteiger partial charge < -0.3 is 14.8 Å². The van der Waals surface area contributed by atoms with Crippen molar-refractivity contribution >= 4 is 17.7 Å². The average molecular weight is 415 g/mol. The zero-order valence-corrected chi connectivity index (χ0v) is 18.3. The van der Waals surface area contributed by atoms with Crippen LogP contribution in [0.25, 0.3) is 6.08 Å². The van der Waals surface area contributed by atoms with E-state index < -0.39 is 11.7 Å². The summed E-state index contributed by atoms with van der Waals surface area (Å²) in [5, 5.41) is 2.56. The van der Waals surface area contributed by atoms with E-state index in [1.54, 1.807) is 49.6 Å². The number of carbonyl (C=O) groups excluding carboxylic acids is 1. The molecule has 0 spiro atoms. The highest BCUT2D eigenvalue weighted by atomic mass is 19.1. The van der Waals surface area contributed by atoms with Crippen LogP contribution in [0.3, 0.4) is 0 Å². The van der Waals surface area contributed by atoms with E-state index in [1.165, 1.54) is 6.08 Å². The molecule has 2 aromatic rings. The molecule has 0 aliphatic rings. The molecule has 2 rings (SSSR count). The number of hydrogen-bond acceptors (Lipinski definition) is 4. The quantitative estimate of drug-likeness (QED) is 0.547. The fourth-order valence-electron chi connectivity index (χ4n) is 3.19. The predicted octanol–water partition coefficient (Wildman–Crippen LogP) is 5.14. The van der Waals surface area contributed by atoms with E-state index in [0.717, 1.165) is 6.54 Å². The minimum atomic E-state index is -0.871. The second-order valence-corrected chi connectivity index (χ2v) is 7.50. The molecule has 0 bridgehead atoms. The van der Waals surface area contributed by atoms with Crippen molar-refractivity contribution in [2.75, 3.05) is 25.6 Å². The molecule has 1 amide bonds. The molecule has 0 unspecified atom stereocenters. The van der Waals surface area contributed by atoms with Crippen molar-refractivity contribution in [3.05, 3.63) is 59.9 Å². The van der Waals surface area contributed by atoms with Crippen LogP contribution in [-0.4, -0.2) is 43.2 Å². The number of rotatable bonds is 10. The Kier molecular flexibility index (Phi) is 8.87. The maximum absolute atomic E-state index is 14.2. The van der Waals surface area contributed by atoms with Crippen LogP contribution in [-0.2, 0) is 4.79 Å². The van der Waals surface area contributed by atoms with E-state index in [1.807, 2.05) is 6.07 Å². The van der Waals surface area contributed by atoms with Crippen LogP contribution in [0, 0.1) is 0 Å². The average Bonchev–Trinajstić information content (AvgIpc) is 2.71. The van der Waals surface area contributed by atoms with Crippen LogP contribution in [0.5, 0.6) is 11.5 Å². The molecular formula is C24H31FN2O3. The third-order valence-electron chi connectivity index (χ3n) is 4.67. The minimum Gasteiger partial charge on any atom is -0.493 e. The van der Waals surface area contributed by atoms with Crippen molar-refractivity contribution in [1.82, 2.24) is 4.90 Å². The molecule has 162 valence electrons. The van der Waals surface area contributed by atoms with Crippen LogP contribution >= 0.6 is 0 Å². The number of amides is 1. The molecule has 0 fully saturated rings. The van der Waals surface area contributed by atoms with Crippen LogP contribution in [0.2, 0.25) is 0 Å². The highest BCUT2D eigenvalue weighted by Crippen LogP contribution is 2.30. The first-order valence-corrected chi connectivity index (χ1v) is 10.1. The predicted molar refractivity (Wildman–Crippen MR) is 120 cm³/mol. The summed E-state index contributed by atoms with van der Waals surface area (Å²) in [5.74, 6) is -0.645. The van der Waals surface area contributed by atoms with Gasteiger partial charge in [0.1, 0.15) is 6.61 Å². The molecule has 0 saturated heterocycles. The normalized spacial score (nSPS) is 11.8. The van der Waals surface area contributed by atoms with Gasteiger partial charge in [-0.1, -0.05) is 30.3 Å². The fourth-order valence-corrected chi connectivity index (χ4v) is 3.19. The number of halogens is 1. The summed E-state index contributed by atoms with van der Waals surface area (Å²) in [6.45, 7) is 9.81. The number of benzene rings is 2. The number of nitrogens with zero attached hydrogens (tertiary/aromatic N) is 1. The molecule has 0 radical (unpaired) electrons. The van der Waals surface area contributed by atoms with Crippen molar-refractivity contribution in [1.29, 1.82) is 0 Å². The zero-order valence-electron chi connectivity index (χ0n) is 18.3. The van der Waals surface area contributed by atoms with Crippen molar-refractivity contribution < 1.29 is 18.7 Å². The number of nitrogens with one attached hydrogen (secondary N) is 1. The summed E-state index contributed by atoms with van der Waals surface area (Å²) in [5.41, 5.74) is 1.04. The van der Waals surface area contributed by atoms with E-state index in [-0.39, 0.29) is 0 Å². The van der Waals surface area contributed by atoms with Crippen LogP contribution in [0.1, 0.15) is 33.3 Å². The number of anilines is 1. The Bertz CT molecular complexity index is 843. The van der Waals surface area contributed by atoms with Crippen LogP contribution < -0.4 is 14.8 Å². The second kappa shape index (κ2) is 11.4. The maximum atomic E-state index is 14.2. The van der Waals surface area contributed by atoms with Gasteiger partial charge >= 0.3 is 0 Å². The monoisotopic (exact) mass is 414 g/mol. The van der Waals surface area contributed by atoms with Gasteiger partial charge in [0, 0.05) is 30.4 Å². The van der Waals surface area contributed by atoms with Gasteiger partial charge in [-0.05, 0) is 51.5 Å². The largest absolute Gasteiger partial charge is 0.493 e. The van der Waals surface area contributed by atoms with Gasteiger partial charge in [0.2, 0.25) is 0 Å². The molecule has 30 heavy (non-hydrogen) atoms. The highest BCUT2D eigenvalue weighted by molar-refractivity contribution is 6.05. The third-order valence-corrected chi connectivity index (χ3v) is 4.67. The standard InChI is InChI=1S/C24H31FN2O3/c1-17(2)27(18(3)4)13-14-30-23-16-20(11-12-22(23)29-5)26-24(28)21(25)15-19-9-7-6-8-10-19/h6-12,15-18H,13-14H2,1-5H3,(H,26,28)/b21-15-. The summed E-state index contributed by atoms with van der Waals surface area (Å²) in [6.07, 6.45) is 1.20. The Morgan fingerprint density at radius 1 is 1.07 bits per heavy atom. The molecule has 5 nitrogen and oxygen atoms in total. The maximum Gasteiger partial charge on any atom is 0.284 e. The molecule has 0 atom stereocenters. The summed E-state index contributed by atoms with van der Waals surface area (Å²) >= 11 is 0. The van der Waals surface area contributed by atoms with Gasteiger partial charge in [0.15, 0.2) is 17.3 Å². The third kappa shape index (κ3) is 6.88. The number of carbonyl (C=O) groups is 1. The molecule has 0 aliphatic heterocycles. The highest BCUT2D eigenvalue weighted by Gasteiger charge is 2.15. The second-order valence-electron chi connectivity index (χ2n) is 7.50. The van der Waals surface area contributed by atoms with Crippen molar-refractivity contribution in [2.45, 2.75) is 39.8 Å². The Labute approximate surface area is 178 Å². The van der Waals surface area contributed by atoms with Gasteiger partial charge in [-0.15, -0.1) is 0 Å². The molecule has 0 saturated carbocycles. The Hall–Kier alpha value is -2.86. The van der Waals surface area contributed by atoms with Crippen LogP contribution in [0.15, 0.2) is 54.4 Å². The molecule has 6 heteroatoms. The van der Waals surface area contributed by atoms with E-state index in [9.17, 15) is 9.18 Å². The SMILES string of the molecule is COc1ccc(NC(=O)/C(F)=C/c2ccccc2)cc1OCCN(C(C)C)C(C)C. The number of methoxy groups -OCH3 is 1. The van der Waals surface area contributed by atoms with E-state index in [4.69, 9.17) is 9.47 Å². The summed E-state index contributed by atoms with van der Waals surface area (Å²) in [4.78, 5) is 14.5. The molecular weight excluding hydrogens is 383 g/mol. The first-order valence-electron chi connectivity index (χ1n) is 10.1. The van der Waals surface area contributed by atoms with Crippen molar-refractivity contribution in [3.63, 3.8) is 0 Å². The topological polar surface area (TPSA) is 50.8 Å². The number of ether oxygens (including phenoxy) is 2. The van der Waals surface area contributed by atoms with Crippen molar-refractivity contribution in [3.8, 4) is 11.5 Å². The minimum absolute atomic E-state index is 0.403. The van der Waals surface area contributed by atoms with E-state index in [2.05, 4.69) is 37.9 Å². The Balaban J connectivity index is 2.06. The summed E-state index contributed by atoms with van der Waals surface area (Å²) < 4.78 is 25.5. The molecule has 2 aromatic carbocycles. The Morgan fingerprint density at radius 2 is 1.73 bits per heavy atom. The lowest BCUT2D eigenvalue weighted by Gasteiger charge is -2.30. The zero-order chi connectivity index (χ0) is 22.1. The summed E-state index contributed by atoms with van der Waals surface area (Å²) in [6, 6.07) is 14.6. The molecule has 0 aromatic heterocycles. The lowest BCUT2D eigenvalue weighted by Crippen LogP contribution is -2.39. The molecule has 0 heterocycles. The Morgan fingerprint density at radius 3 is 2.33 bits per heavy atom. The first-order chi connectivity index (χ1) is 14.3. The smallest absolute Gasteiger partial charge is 0.284 e. The molecule has 1 N–H and O–H groups in total. The van der Waals surface area contributed by atoms with Crippen molar-refractivity contribution in [2.24, 2.45) is 0 Å². The van der Waals surface area contributed by atoms with Gasteiger partial charge in [0.25, 0.3) is 5.91 Å². The lowest BCUT2D eigenvalue weighted by molar-refractivity contribution is -0.114. The fraction of sp³-hybridized carbons (Fsp3) is 0.375. The number of hydrogen-bond donors (Lipinski definition) is 1.